The van der Waals surface area contributed by atoms with E-state index in [2.05, 4.69) is 57.7 Å². The number of hydrogen-bond donors (Lipinski definition) is 1. The molecule has 0 bridgehead atoms. The van der Waals surface area contributed by atoms with Gasteiger partial charge < -0.3 is 10.6 Å². The van der Waals surface area contributed by atoms with E-state index in [-0.39, 0.29) is 6.04 Å². The largest absolute Gasteiger partial charge is 0.372 e. The molecule has 0 aliphatic carbocycles. The third kappa shape index (κ3) is 4.87. The van der Waals surface area contributed by atoms with E-state index >= 15 is 0 Å². The van der Waals surface area contributed by atoms with Crippen molar-refractivity contribution in [2.75, 3.05) is 18.0 Å². The average Bonchev–Trinajstić information content (AvgIpc) is 2.37. The Balaban J connectivity index is 2.85. The van der Waals surface area contributed by atoms with Gasteiger partial charge in [0.15, 0.2) is 0 Å². The number of anilines is 1. The van der Waals surface area contributed by atoms with Gasteiger partial charge in [-0.15, -0.1) is 0 Å². The van der Waals surface area contributed by atoms with Crippen molar-refractivity contribution in [3.05, 3.63) is 29.3 Å². The van der Waals surface area contributed by atoms with Crippen LogP contribution in [0.4, 0.5) is 5.69 Å². The Morgan fingerprint density at radius 2 is 1.89 bits per heavy atom. The first-order valence-electron chi connectivity index (χ1n) is 7.57. The number of nitrogens with two attached hydrogens (primary N) is 1. The van der Waals surface area contributed by atoms with E-state index in [1.54, 1.807) is 0 Å². The molecule has 108 valence electrons. The zero-order valence-electron chi connectivity index (χ0n) is 13.2. The van der Waals surface area contributed by atoms with Crippen molar-refractivity contribution >= 4 is 5.69 Å². The molecular formula is C17H30N2. The predicted molar refractivity (Wildman–Crippen MR) is 85.9 cm³/mol. The van der Waals surface area contributed by atoms with Crippen LogP contribution in [0, 0.1) is 12.8 Å². The van der Waals surface area contributed by atoms with Crippen LogP contribution in [-0.2, 0) is 6.42 Å². The molecule has 0 saturated heterocycles. The Morgan fingerprint density at radius 3 is 2.37 bits per heavy atom. The molecule has 2 nitrogen and oxygen atoms in total. The second kappa shape index (κ2) is 7.54. The summed E-state index contributed by atoms with van der Waals surface area (Å²) in [6.07, 6.45) is 2.20. The quantitative estimate of drug-likeness (QED) is 0.810. The van der Waals surface area contributed by atoms with Crippen LogP contribution < -0.4 is 10.6 Å². The van der Waals surface area contributed by atoms with Crippen molar-refractivity contribution < 1.29 is 0 Å². The Morgan fingerprint density at radius 1 is 1.21 bits per heavy atom. The van der Waals surface area contributed by atoms with Crippen molar-refractivity contribution in [2.24, 2.45) is 11.7 Å². The van der Waals surface area contributed by atoms with Crippen molar-refractivity contribution in [1.29, 1.82) is 0 Å². The summed E-state index contributed by atoms with van der Waals surface area (Å²) >= 11 is 0. The zero-order chi connectivity index (χ0) is 14.4. The summed E-state index contributed by atoms with van der Waals surface area (Å²) in [5.41, 5.74) is 9.96. The number of hydrogen-bond acceptors (Lipinski definition) is 2. The van der Waals surface area contributed by atoms with Crippen molar-refractivity contribution in [1.82, 2.24) is 0 Å². The third-order valence-corrected chi connectivity index (χ3v) is 3.84. The van der Waals surface area contributed by atoms with Gasteiger partial charge in [0.05, 0.1) is 0 Å². The van der Waals surface area contributed by atoms with Crippen LogP contribution in [0.5, 0.6) is 0 Å². The first-order valence-corrected chi connectivity index (χ1v) is 7.57. The summed E-state index contributed by atoms with van der Waals surface area (Å²) in [6.45, 7) is 13.3. The first-order chi connectivity index (χ1) is 8.97. The van der Waals surface area contributed by atoms with E-state index < -0.39 is 0 Å². The molecule has 0 amide bonds. The number of benzene rings is 1. The van der Waals surface area contributed by atoms with E-state index in [9.17, 15) is 0 Å². The standard InChI is InChI=1S/C17H30N2/c1-6-13(3)12-19(7-2)17-9-8-16(11-15(5)18)14(4)10-17/h8-10,13,15H,6-7,11-12,18H2,1-5H3. The fraction of sp³-hybridized carbons (Fsp3) is 0.647. The number of nitrogens with zero attached hydrogens (tertiary/aromatic N) is 1. The molecule has 2 unspecified atom stereocenters. The summed E-state index contributed by atoms with van der Waals surface area (Å²) in [4.78, 5) is 2.47. The Hall–Kier alpha value is -1.02. The SMILES string of the molecule is CCC(C)CN(CC)c1ccc(CC(C)N)c(C)c1. The lowest BCUT2D eigenvalue weighted by Gasteiger charge is -2.27. The minimum Gasteiger partial charge on any atom is -0.372 e. The average molecular weight is 262 g/mol. The fourth-order valence-corrected chi connectivity index (χ4v) is 2.38. The normalized spacial score (nSPS) is 14.2. The summed E-state index contributed by atoms with van der Waals surface area (Å²) in [6, 6.07) is 7.03. The highest BCUT2D eigenvalue weighted by Crippen LogP contribution is 2.21. The molecule has 0 aliphatic rings. The molecule has 19 heavy (non-hydrogen) atoms. The van der Waals surface area contributed by atoms with Gasteiger partial charge in [-0.25, -0.2) is 0 Å². The predicted octanol–water partition coefficient (Wildman–Crippen LogP) is 3.76. The van der Waals surface area contributed by atoms with Gasteiger partial charge in [-0.2, -0.15) is 0 Å². The molecule has 2 atom stereocenters. The van der Waals surface area contributed by atoms with Crippen LogP contribution >= 0.6 is 0 Å². The van der Waals surface area contributed by atoms with E-state index in [0.29, 0.717) is 0 Å². The lowest BCUT2D eigenvalue weighted by Crippen LogP contribution is -2.28. The minimum absolute atomic E-state index is 0.229. The van der Waals surface area contributed by atoms with Gasteiger partial charge in [0.1, 0.15) is 0 Å². The molecule has 2 N–H and O–H groups in total. The van der Waals surface area contributed by atoms with Crippen LogP contribution in [0.1, 0.15) is 45.2 Å². The van der Waals surface area contributed by atoms with Crippen LogP contribution in [0.2, 0.25) is 0 Å². The van der Waals surface area contributed by atoms with E-state index in [4.69, 9.17) is 5.73 Å². The molecule has 0 spiro atoms. The molecule has 2 heteroatoms. The molecule has 1 aromatic carbocycles. The van der Waals surface area contributed by atoms with Gasteiger partial charge in [-0.3, -0.25) is 0 Å². The fourth-order valence-electron chi connectivity index (χ4n) is 2.38. The number of rotatable bonds is 7. The molecule has 0 heterocycles. The second-order valence-corrected chi connectivity index (χ2v) is 5.84. The zero-order valence-corrected chi connectivity index (χ0v) is 13.2. The molecule has 0 aromatic heterocycles. The Kier molecular flexibility index (Phi) is 6.36. The topological polar surface area (TPSA) is 29.3 Å². The maximum atomic E-state index is 5.89. The van der Waals surface area contributed by atoms with E-state index in [1.807, 2.05) is 0 Å². The maximum Gasteiger partial charge on any atom is 0.0369 e. The molecule has 0 fully saturated rings. The van der Waals surface area contributed by atoms with Gasteiger partial charge >= 0.3 is 0 Å². The third-order valence-electron chi connectivity index (χ3n) is 3.84. The lowest BCUT2D eigenvalue weighted by molar-refractivity contribution is 0.548. The first kappa shape index (κ1) is 16.0. The molecule has 1 rings (SSSR count). The second-order valence-electron chi connectivity index (χ2n) is 5.84. The van der Waals surface area contributed by atoms with Crippen molar-refractivity contribution in [3.8, 4) is 0 Å². The molecule has 1 aromatic rings. The van der Waals surface area contributed by atoms with Crippen molar-refractivity contribution in [2.45, 2.75) is 53.5 Å². The van der Waals surface area contributed by atoms with Gasteiger partial charge in [-0.05, 0) is 56.4 Å². The Labute approximate surface area is 119 Å². The summed E-state index contributed by atoms with van der Waals surface area (Å²) in [5, 5.41) is 0. The lowest BCUT2D eigenvalue weighted by atomic mass is 10.0. The van der Waals surface area contributed by atoms with Gasteiger partial charge in [0, 0.05) is 24.8 Å². The van der Waals surface area contributed by atoms with Gasteiger partial charge in [0.25, 0.3) is 0 Å². The molecule has 0 aliphatic heterocycles. The van der Waals surface area contributed by atoms with Gasteiger partial charge in [-0.1, -0.05) is 26.3 Å². The van der Waals surface area contributed by atoms with Crippen LogP contribution in [0.3, 0.4) is 0 Å². The van der Waals surface area contributed by atoms with E-state index in [0.717, 1.165) is 25.4 Å². The highest BCUT2D eigenvalue weighted by Gasteiger charge is 2.10. The maximum absolute atomic E-state index is 5.89. The van der Waals surface area contributed by atoms with Gasteiger partial charge in [0.2, 0.25) is 0 Å². The Bertz CT molecular complexity index is 385. The van der Waals surface area contributed by atoms with Crippen LogP contribution in [-0.4, -0.2) is 19.1 Å². The number of aryl methyl sites for hydroxylation is 1. The van der Waals surface area contributed by atoms with Crippen molar-refractivity contribution in [3.63, 3.8) is 0 Å². The summed E-state index contributed by atoms with van der Waals surface area (Å²) in [7, 11) is 0. The highest BCUT2D eigenvalue weighted by atomic mass is 15.1. The minimum atomic E-state index is 0.229. The smallest absolute Gasteiger partial charge is 0.0369 e. The highest BCUT2D eigenvalue weighted by molar-refractivity contribution is 5.51. The van der Waals surface area contributed by atoms with Crippen LogP contribution in [0.15, 0.2) is 18.2 Å². The molecule has 0 saturated carbocycles. The monoisotopic (exact) mass is 262 g/mol. The molecule has 0 radical (unpaired) electrons. The summed E-state index contributed by atoms with van der Waals surface area (Å²) < 4.78 is 0. The molecular weight excluding hydrogens is 232 g/mol. The van der Waals surface area contributed by atoms with Crippen LogP contribution in [0.25, 0.3) is 0 Å². The van der Waals surface area contributed by atoms with E-state index in [1.165, 1.54) is 23.2 Å². The summed E-state index contributed by atoms with van der Waals surface area (Å²) in [5.74, 6) is 0.740.